The zero-order valence-electron chi connectivity index (χ0n) is 8.50. The number of ether oxygens (including phenoxy) is 1. The van der Waals surface area contributed by atoms with Crippen molar-refractivity contribution in [3.8, 4) is 0 Å². The predicted octanol–water partition coefficient (Wildman–Crippen LogP) is 2.56. The summed E-state index contributed by atoms with van der Waals surface area (Å²) in [5.41, 5.74) is 2.88. The number of fused-ring (bicyclic) bond motifs is 1. The molecule has 1 aromatic rings. The van der Waals surface area contributed by atoms with Crippen molar-refractivity contribution in [3.63, 3.8) is 0 Å². The molecule has 0 saturated carbocycles. The van der Waals surface area contributed by atoms with Gasteiger partial charge in [-0.15, -0.1) is 0 Å². The lowest BCUT2D eigenvalue weighted by Crippen LogP contribution is -2.22. The van der Waals surface area contributed by atoms with Gasteiger partial charge in [-0.1, -0.05) is 15.9 Å². The Morgan fingerprint density at radius 3 is 2.87 bits per heavy atom. The fourth-order valence-corrected chi connectivity index (χ4v) is 1.98. The Balaban J connectivity index is 2.59. The van der Waals surface area contributed by atoms with E-state index in [2.05, 4.69) is 20.9 Å². The molecule has 0 atom stereocenters. The Morgan fingerprint density at radius 2 is 2.20 bits per heavy atom. The minimum atomic E-state index is -0.0637. The van der Waals surface area contributed by atoms with E-state index >= 15 is 0 Å². The van der Waals surface area contributed by atoms with E-state index in [1.807, 2.05) is 19.1 Å². The van der Waals surface area contributed by atoms with E-state index in [0.717, 1.165) is 21.3 Å². The molecule has 0 saturated heterocycles. The summed E-state index contributed by atoms with van der Waals surface area (Å²) in [6.45, 7) is 1.98. The molecule has 0 amide bonds. The summed E-state index contributed by atoms with van der Waals surface area (Å²) in [4.78, 5) is 15.8. The van der Waals surface area contributed by atoms with Crippen LogP contribution in [0.1, 0.15) is 11.1 Å². The van der Waals surface area contributed by atoms with E-state index in [1.54, 1.807) is 0 Å². The van der Waals surface area contributed by atoms with Crippen LogP contribution < -0.4 is 0 Å². The SMILES string of the molecule is COC1=Nc2ccc(Br)c(C)c2CC1=O. The molecule has 1 aliphatic heterocycles. The maximum Gasteiger partial charge on any atom is 0.258 e. The summed E-state index contributed by atoms with van der Waals surface area (Å²) < 4.78 is 5.92. The molecule has 4 heteroatoms. The highest BCUT2D eigenvalue weighted by Gasteiger charge is 2.22. The molecular weight excluding hydrogens is 258 g/mol. The lowest BCUT2D eigenvalue weighted by molar-refractivity contribution is -0.113. The van der Waals surface area contributed by atoms with Crippen LogP contribution in [0.25, 0.3) is 0 Å². The molecule has 2 rings (SSSR count). The van der Waals surface area contributed by atoms with Crippen LogP contribution in [-0.2, 0) is 16.0 Å². The first-order valence-electron chi connectivity index (χ1n) is 4.57. The van der Waals surface area contributed by atoms with Gasteiger partial charge in [0.15, 0.2) is 0 Å². The number of carbonyl (C=O) groups is 1. The van der Waals surface area contributed by atoms with E-state index in [-0.39, 0.29) is 11.7 Å². The summed E-state index contributed by atoms with van der Waals surface area (Å²) in [6.07, 6.45) is 0.368. The Bertz CT molecular complexity index is 466. The van der Waals surface area contributed by atoms with Crippen LogP contribution in [0.2, 0.25) is 0 Å². The average Bonchev–Trinajstić information content (AvgIpc) is 2.24. The van der Waals surface area contributed by atoms with Gasteiger partial charge in [-0.05, 0) is 30.2 Å². The fourth-order valence-electron chi connectivity index (χ4n) is 1.61. The van der Waals surface area contributed by atoms with Gasteiger partial charge in [-0.3, -0.25) is 4.79 Å². The molecule has 1 aliphatic rings. The standard InChI is InChI=1S/C11H10BrNO2/c1-6-7-5-10(14)11(15-2)13-9(7)4-3-8(6)12/h3-4H,5H2,1-2H3. The molecule has 0 fully saturated rings. The summed E-state index contributed by atoms with van der Waals surface area (Å²) in [6, 6.07) is 3.82. The first-order valence-corrected chi connectivity index (χ1v) is 5.36. The molecule has 15 heavy (non-hydrogen) atoms. The number of Topliss-reactive ketones (excluding diaryl/α,β-unsaturated/α-hetero) is 1. The number of rotatable bonds is 0. The van der Waals surface area contributed by atoms with E-state index in [1.165, 1.54) is 7.11 Å². The number of methoxy groups -OCH3 is 1. The highest BCUT2D eigenvalue weighted by Crippen LogP contribution is 2.31. The number of nitrogens with zero attached hydrogens (tertiary/aromatic N) is 1. The first-order chi connectivity index (χ1) is 7.13. The van der Waals surface area contributed by atoms with Crippen LogP contribution in [-0.4, -0.2) is 18.8 Å². The number of aliphatic imine (C=N–C) groups is 1. The molecule has 3 nitrogen and oxygen atoms in total. The zero-order chi connectivity index (χ0) is 11.0. The number of benzene rings is 1. The van der Waals surface area contributed by atoms with E-state index in [4.69, 9.17) is 4.74 Å². The van der Waals surface area contributed by atoms with Gasteiger partial charge in [0, 0.05) is 10.9 Å². The smallest absolute Gasteiger partial charge is 0.258 e. The molecule has 0 aromatic heterocycles. The number of hydrogen-bond acceptors (Lipinski definition) is 3. The topological polar surface area (TPSA) is 38.7 Å². The summed E-state index contributed by atoms with van der Waals surface area (Å²) in [5.74, 6) is 0.135. The summed E-state index contributed by atoms with van der Waals surface area (Å²) >= 11 is 3.44. The Labute approximate surface area is 96.3 Å². The van der Waals surface area contributed by atoms with Crippen molar-refractivity contribution in [2.45, 2.75) is 13.3 Å². The van der Waals surface area contributed by atoms with Gasteiger partial charge in [-0.25, -0.2) is 4.99 Å². The highest BCUT2D eigenvalue weighted by molar-refractivity contribution is 9.10. The van der Waals surface area contributed by atoms with Crippen LogP contribution in [0.5, 0.6) is 0 Å². The lowest BCUT2D eigenvalue weighted by Gasteiger charge is -2.16. The molecule has 0 radical (unpaired) electrons. The minimum Gasteiger partial charge on any atom is -0.478 e. The third kappa shape index (κ3) is 1.69. The third-order valence-corrected chi connectivity index (χ3v) is 3.36. The lowest BCUT2D eigenvalue weighted by atomic mass is 9.99. The predicted molar refractivity (Wildman–Crippen MR) is 61.7 cm³/mol. The molecule has 1 aromatic carbocycles. The van der Waals surface area contributed by atoms with Gasteiger partial charge in [0.05, 0.1) is 12.8 Å². The highest BCUT2D eigenvalue weighted by atomic mass is 79.9. The second kappa shape index (κ2) is 3.77. The Morgan fingerprint density at radius 1 is 1.47 bits per heavy atom. The van der Waals surface area contributed by atoms with Crippen molar-refractivity contribution in [3.05, 3.63) is 27.7 Å². The van der Waals surface area contributed by atoms with Crippen LogP contribution >= 0.6 is 15.9 Å². The van der Waals surface area contributed by atoms with Crippen molar-refractivity contribution >= 4 is 33.3 Å². The van der Waals surface area contributed by atoms with E-state index < -0.39 is 0 Å². The van der Waals surface area contributed by atoms with Crippen molar-refractivity contribution in [2.24, 2.45) is 4.99 Å². The van der Waals surface area contributed by atoms with Gasteiger partial charge in [0.25, 0.3) is 5.90 Å². The first kappa shape index (κ1) is 10.4. The molecule has 0 aliphatic carbocycles. The van der Waals surface area contributed by atoms with Crippen molar-refractivity contribution < 1.29 is 9.53 Å². The fraction of sp³-hybridized carbons (Fsp3) is 0.273. The number of hydrogen-bond donors (Lipinski definition) is 0. The van der Waals surface area contributed by atoms with Crippen LogP contribution in [0.15, 0.2) is 21.6 Å². The number of halogens is 1. The monoisotopic (exact) mass is 267 g/mol. The van der Waals surface area contributed by atoms with E-state index in [9.17, 15) is 4.79 Å². The molecule has 0 N–H and O–H groups in total. The van der Waals surface area contributed by atoms with E-state index in [0.29, 0.717) is 6.42 Å². The molecule has 78 valence electrons. The normalized spacial score (nSPS) is 14.6. The molecular formula is C11H10BrNO2. The largest absolute Gasteiger partial charge is 0.478 e. The molecule has 0 spiro atoms. The van der Waals surface area contributed by atoms with Gasteiger partial charge < -0.3 is 4.74 Å². The van der Waals surface area contributed by atoms with Gasteiger partial charge >= 0.3 is 0 Å². The minimum absolute atomic E-state index is 0.0637. The molecule has 1 heterocycles. The van der Waals surface area contributed by atoms with Crippen LogP contribution in [0, 0.1) is 6.92 Å². The average molecular weight is 268 g/mol. The van der Waals surface area contributed by atoms with Gasteiger partial charge in [0.1, 0.15) is 0 Å². The van der Waals surface area contributed by atoms with Crippen LogP contribution in [0.4, 0.5) is 5.69 Å². The van der Waals surface area contributed by atoms with Gasteiger partial charge in [0.2, 0.25) is 5.78 Å². The second-order valence-electron chi connectivity index (χ2n) is 3.39. The number of carbonyl (C=O) groups excluding carboxylic acids is 1. The maximum atomic E-state index is 11.6. The van der Waals surface area contributed by atoms with Crippen molar-refractivity contribution in [1.29, 1.82) is 0 Å². The van der Waals surface area contributed by atoms with Crippen molar-refractivity contribution in [1.82, 2.24) is 0 Å². The molecule has 0 unspecified atom stereocenters. The Hall–Kier alpha value is -1.16. The second-order valence-corrected chi connectivity index (χ2v) is 4.25. The van der Waals surface area contributed by atoms with Gasteiger partial charge in [-0.2, -0.15) is 0 Å². The van der Waals surface area contributed by atoms with Crippen LogP contribution in [0.3, 0.4) is 0 Å². The molecule has 0 bridgehead atoms. The zero-order valence-corrected chi connectivity index (χ0v) is 10.1. The third-order valence-electron chi connectivity index (χ3n) is 2.50. The Kier molecular flexibility index (Phi) is 2.61. The number of ketones is 1. The summed E-state index contributed by atoms with van der Waals surface area (Å²) in [7, 11) is 1.47. The summed E-state index contributed by atoms with van der Waals surface area (Å²) in [5, 5.41) is 0. The quantitative estimate of drug-likeness (QED) is 0.725. The maximum absolute atomic E-state index is 11.6. The van der Waals surface area contributed by atoms with Crippen molar-refractivity contribution in [2.75, 3.05) is 7.11 Å².